The monoisotopic (exact) mass is 297 g/mol. The van der Waals surface area contributed by atoms with E-state index < -0.39 is 12.1 Å². The molecule has 1 saturated heterocycles. The lowest BCUT2D eigenvalue weighted by atomic mass is 10.1. The highest BCUT2D eigenvalue weighted by molar-refractivity contribution is 5.85. The number of rotatable bonds is 3. The van der Waals surface area contributed by atoms with Gasteiger partial charge in [-0.2, -0.15) is 0 Å². The highest BCUT2D eigenvalue weighted by Gasteiger charge is 2.31. The van der Waals surface area contributed by atoms with Crippen molar-refractivity contribution >= 4 is 11.9 Å². The van der Waals surface area contributed by atoms with Gasteiger partial charge in [0, 0.05) is 19.2 Å². The van der Waals surface area contributed by atoms with Crippen LogP contribution in [0.1, 0.15) is 37.7 Å². The van der Waals surface area contributed by atoms with E-state index in [4.69, 9.17) is 9.84 Å². The summed E-state index contributed by atoms with van der Waals surface area (Å²) in [6, 6.07) is 1.31. The molecular weight excluding hydrogens is 277 g/mol. The third-order valence-corrected chi connectivity index (χ3v) is 3.03. The van der Waals surface area contributed by atoms with Crippen molar-refractivity contribution < 1.29 is 19.0 Å². The van der Waals surface area contributed by atoms with E-state index in [0.717, 1.165) is 0 Å². The molecule has 0 amide bonds. The summed E-state index contributed by atoms with van der Waals surface area (Å²) in [5.41, 5.74) is -0.466. The third-order valence-electron chi connectivity index (χ3n) is 3.03. The quantitative estimate of drug-likeness (QED) is 0.918. The highest BCUT2D eigenvalue weighted by Crippen LogP contribution is 2.23. The zero-order valence-electron chi connectivity index (χ0n) is 12.4. The number of aromatic carboxylic acids is 1. The largest absolute Gasteiger partial charge is 0.477 e. The standard InChI is InChI=1S/C14H20FN3O3/c1-14(2,3)21-10-6-9(15)7-18(8-10)13-16-5-4-11(17-13)12(19)20/h4-5,9-10H,6-8H2,1-3H3,(H,19,20)/t9-,10-/m1/s1. The summed E-state index contributed by atoms with van der Waals surface area (Å²) in [7, 11) is 0. The van der Waals surface area contributed by atoms with E-state index in [1.54, 1.807) is 4.90 Å². The average Bonchev–Trinajstić information content (AvgIpc) is 2.36. The summed E-state index contributed by atoms with van der Waals surface area (Å²) in [6.07, 6.45) is 0.369. The fourth-order valence-corrected chi connectivity index (χ4v) is 2.36. The average molecular weight is 297 g/mol. The molecule has 0 bridgehead atoms. The number of ether oxygens (including phenoxy) is 1. The number of anilines is 1. The lowest BCUT2D eigenvalue weighted by Crippen LogP contribution is -2.48. The van der Waals surface area contributed by atoms with Crippen LogP contribution in [-0.2, 0) is 4.74 Å². The Bertz CT molecular complexity index is 518. The molecule has 2 atom stereocenters. The Hall–Kier alpha value is -1.76. The second-order valence-corrected chi connectivity index (χ2v) is 6.14. The van der Waals surface area contributed by atoms with E-state index >= 15 is 0 Å². The molecule has 2 heterocycles. The molecule has 1 aliphatic heterocycles. The summed E-state index contributed by atoms with van der Waals surface area (Å²) in [5, 5.41) is 8.96. The number of hydrogen-bond acceptors (Lipinski definition) is 5. The Morgan fingerprint density at radius 1 is 1.48 bits per heavy atom. The fourth-order valence-electron chi connectivity index (χ4n) is 2.36. The lowest BCUT2D eigenvalue weighted by molar-refractivity contribution is -0.0727. The van der Waals surface area contributed by atoms with Crippen LogP contribution in [0.25, 0.3) is 0 Å². The molecule has 7 heteroatoms. The van der Waals surface area contributed by atoms with Gasteiger partial charge in [0.1, 0.15) is 6.17 Å². The molecular formula is C14H20FN3O3. The van der Waals surface area contributed by atoms with Crippen molar-refractivity contribution in [2.45, 2.75) is 45.1 Å². The molecule has 21 heavy (non-hydrogen) atoms. The second kappa shape index (κ2) is 5.93. The number of aromatic nitrogens is 2. The summed E-state index contributed by atoms with van der Waals surface area (Å²) in [5.74, 6) is -0.908. The van der Waals surface area contributed by atoms with E-state index in [-0.39, 0.29) is 29.9 Å². The summed E-state index contributed by atoms with van der Waals surface area (Å²) in [4.78, 5) is 20.6. The van der Waals surface area contributed by atoms with Crippen molar-refractivity contribution in [2.75, 3.05) is 18.0 Å². The van der Waals surface area contributed by atoms with Crippen molar-refractivity contribution in [3.05, 3.63) is 18.0 Å². The maximum atomic E-state index is 13.9. The van der Waals surface area contributed by atoms with Gasteiger partial charge in [0.2, 0.25) is 5.95 Å². The van der Waals surface area contributed by atoms with Gasteiger partial charge < -0.3 is 14.7 Å². The zero-order chi connectivity index (χ0) is 15.6. The summed E-state index contributed by atoms with van der Waals surface area (Å²) in [6.45, 7) is 6.34. The molecule has 116 valence electrons. The Morgan fingerprint density at radius 3 is 2.81 bits per heavy atom. The van der Waals surface area contributed by atoms with Crippen molar-refractivity contribution in [1.29, 1.82) is 0 Å². The predicted octanol–water partition coefficient (Wildman–Crippen LogP) is 1.91. The second-order valence-electron chi connectivity index (χ2n) is 6.14. The number of hydrogen-bond donors (Lipinski definition) is 1. The fraction of sp³-hybridized carbons (Fsp3) is 0.643. The Kier molecular flexibility index (Phi) is 4.41. The lowest BCUT2D eigenvalue weighted by Gasteiger charge is -2.37. The molecule has 1 aromatic heterocycles. The third kappa shape index (κ3) is 4.35. The molecule has 1 aromatic rings. The van der Waals surface area contributed by atoms with Crippen molar-refractivity contribution in [3.63, 3.8) is 0 Å². The number of nitrogens with zero attached hydrogens (tertiary/aromatic N) is 3. The molecule has 0 saturated carbocycles. The summed E-state index contributed by atoms with van der Waals surface area (Å²) < 4.78 is 19.7. The minimum absolute atomic E-state index is 0.103. The SMILES string of the molecule is CC(C)(C)O[C@@H]1C[C@@H](F)CN(c2nccc(C(=O)O)n2)C1. The maximum absolute atomic E-state index is 13.9. The van der Waals surface area contributed by atoms with Crippen molar-refractivity contribution in [2.24, 2.45) is 0 Å². The number of carboxylic acids is 1. The van der Waals surface area contributed by atoms with Crippen LogP contribution in [0.3, 0.4) is 0 Å². The van der Waals surface area contributed by atoms with Crippen LogP contribution in [-0.4, -0.2) is 52.0 Å². The first-order chi connectivity index (χ1) is 9.74. The first-order valence-corrected chi connectivity index (χ1v) is 6.88. The van der Waals surface area contributed by atoms with Gasteiger partial charge in [-0.15, -0.1) is 0 Å². The topological polar surface area (TPSA) is 75.5 Å². The summed E-state index contributed by atoms with van der Waals surface area (Å²) >= 11 is 0. The number of alkyl halides is 1. The molecule has 2 rings (SSSR count). The van der Waals surface area contributed by atoms with Crippen LogP contribution in [0.15, 0.2) is 12.3 Å². The molecule has 0 aromatic carbocycles. The first-order valence-electron chi connectivity index (χ1n) is 6.88. The minimum atomic E-state index is -1.13. The van der Waals surface area contributed by atoms with E-state index in [2.05, 4.69) is 9.97 Å². The molecule has 1 aliphatic rings. The van der Waals surface area contributed by atoms with Crippen LogP contribution in [0.5, 0.6) is 0 Å². The van der Waals surface area contributed by atoms with E-state index in [9.17, 15) is 9.18 Å². The van der Waals surface area contributed by atoms with Gasteiger partial charge in [-0.3, -0.25) is 0 Å². The van der Waals surface area contributed by atoms with Gasteiger partial charge in [0.15, 0.2) is 5.69 Å². The molecule has 6 nitrogen and oxygen atoms in total. The highest BCUT2D eigenvalue weighted by atomic mass is 19.1. The van der Waals surface area contributed by atoms with Crippen LogP contribution in [0.2, 0.25) is 0 Å². The normalized spacial score (nSPS) is 23.1. The van der Waals surface area contributed by atoms with E-state index in [1.165, 1.54) is 12.3 Å². The number of carboxylic acid groups (broad SMARTS) is 1. The predicted molar refractivity (Wildman–Crippen MR) is 75.3 cm³/mol. The Morgan fingerprint density at radius 2 is 2.19 bits per heavy atom. The van der Waals surface area contributed by atoms with Crippen LogP contribution < -0.4 is 4.90 Å². The van der Waals surface area contributed by atoms with Crippen molar-refractivity contribution in [1.82, 2.24) is 9.97 Å². The van der Waals surface area contributed by atoms with Crippen LogP contribution in [0.4, 0.5) is 10.3 Å². The maximum Gasteiger partial charge on any atom is 0.354 e. The smallest absolute Gasteiger partial charge is 0.354 e. The molecule has 0 spiro atoms. The molecule has 1 fully saturated rings. The van der Waals surface area contributed by atoms with Gasteiger partial charge in [-0.05, 0) is 26.8 Å². The Labute approximate surface area is 123 Å². The first kappa shape index (κ1) is 15.6. The van der Waals surface area contributed by atoms with Gasteiger partial charge in [-0.1, -0.05) is 0 Å². The van der Waals surface area contributed by atoms with E-state index in [1.807, 2.05) is 20.8 Å². The van der Waals surface area contributed by atoms with E-state index in [0.29, 0.717) is 13.0 Å². The molecule has 0 aliphatic carbocycles. The number of carbonyl (C=O) groups is 1. The van der Waals surface area contributed by atoms with Gasteiger partial charge in [0.05, 0.1) is 18.2 Å². The van der Waals surface area contributed by atoms with Gasteiger partial charge >= 0.3 is 5.97 Å². The zero-order valence-corrected chi connectivity index (χ0v) is 12.4. The minimum Gasteiger partial charge on any atom is -0.477 e. The van der Waals surface area contributed by atoms with Crippen LogP contribution in [0, 0.1) is 0 Å². The van der Waals surface area contributed by atoms with Gasteiger partial charge in [-0.25, -0.2) is 19.2 Å². The van der Waals surface area contributed by atoms with Crippen LogP contribution >= 0.6 is 0 Å². The molecule has 0 unspecified atom stereocenters. The number of halogens is 1. The number of piperidine rings is 1. The van der Waals surface area contributed by atoms with Gasteiger partial charge in [0.25, 0.3) is 0 Å². The van der Waals surface area contributed by atoms with Crippen molar-refractivity contribution in [3.8, 4) is 0 Å². The Balaban J connectivity index is 2.15. The molecule has 0 radical (unpaired) electrons. The molecule has 1 N–H and O–H groups in total.